The molecule has 1 aliphatic carbocycles. The standard InChI is InChI=1S/C18H16F3N3O3/c1-25-15(12-4-2-3-5-13(12)18(19,20)21)17-23-14(24-27-17)8-11-9-22-16(26-11)10-6-7-10/h2-5,9-10,15H,6-8H2,1H3. The first-order valence-electron chi connectivity index (χ1n) is 8.41. The van der Waals surface area contributed by atoms with Crippen LogP contribution in [0.15, 0.2) is 39.4 Å². The molecule has 6 nitrogen and oxygen atoms in total. The normalized spacial score (nSPS) is 15.9. The minimum Gasteiger partial charge on any atom is -0.445 e. The van der Waals surface area contributed by atoms with Gasteiger partial charge in [0, 0.05) is 18.6 Å². The van der Waals surface area contributed by atoms with Gasteiger partial charge in [0.2, 0.25) is 0 Å². The molecule has 142 valence electrons. The van der Waals surface area contributed by atoms with Crippen LogP contribution < -0.4 is 0 Å². The molecule has 0 radical (unpaired) electrons. The van der Waals surface area contributed by atoms with Gasteiger partial charge in [-0.3, -0.25) is 0 Å². The van der Waals surface area contributed by atoms with Crippen molar-refractivity contribution in [2.45, 2.75) is 37.5 Å². The van der Waals surface area contributed by atoms with Crippen molar-refractivity contribution in [1.29, 1.82) is 0 Å². The number of hydrogen-bond donors (Lipinski definition) is 0. The van der Waals surface area contributed by atoms with Crippen molar-refractivity contribution < 1.29 is 26.8 Å². The number of methoxy groups -OCH3 is 1. The Labute approximate surface area is 152 Å². The summed E-state index contributed by atoms with van der Waals surface area (Å²) in [5, 5.41) is 3.83. The molecule has 1 atom stereocenters. The van der Waals surface area contributed by atoms with Crippen molar-refractivity contribution >= 4 is 0 Å². The Hall–Kier alpha value is -2.68. The van der Waals surface area contributed by atoms with Crippen LogP contribution >= 0.6 is 0 Å². The molecule has 3 aromatic rings. The summed E-state index contributed by atoms with van der Waals surface area (Å²) in [5.41, 5.74) is -0.890. The van der Waals surface area contributed by atoms with E-state index in [1.165, 1.54) is 25.3 Å². The van der Waals surface area contributed by atoms with Crippen LogP contribution in [0.2, 0.25) is 0 Å². The maximum Gasteiger partial charge on any atom is 0.416 e. The zero-order valence-electron chi connectivity index (χ0n) is 14.4. The van der Waals surface area contributed by atoms with Gasteiger partial charge in [-0.25, -0.2) is 4.98 Å². The lowest BCUT2D eigenvalue weighted by Crippen LogP contribution is -2.14. The molecule has 0 bridgehead atoms. The number of halogens is 3. The highest BCUT2D eigenvalue weighted by molar-refractivity contribution is 5.34. The van der Waals surface area contributed by atoms with Gasteiger partial charge in [-0.2, -0.15) is 18.2 Å². The van der Waals surface area contributed by atoms with Crippen molar-refractivity contribution in [3.8, 4) is 0 Å². The summed E-state index contributed by atoms with van der Waals surface area (Å²) in [6.07, 6.45) is -1.66. The number of nitrogens with zero attached hydrogens (tertiary/aromatic N) is 3. The van der Waals surface area contributed by atoms with Crippen LogP contribution in [0, 0.1) is 0 Å². The van der Waals surface area contributed by atoms with E-state index >= 15 is 0 Å². The molecular weight excluding hydrogens is 363 g/mol. The second kappa shape index (κ2) is 6.80. The lowest BCUT2D eigenvalue weighted by atomic mass is 10.0. The molecule has 1 unspecified atom stereocenters. The molecule has 1 aromatic carbocycles. The first-order chi connectivity index (χ1) is 13.0. The molecule has 4 rings (SSSR count). The molecule has 2 heterocycles. The van der Waals surface area contributed by atoms with E-state index in [1.54, 1.807) is 6.20 Å². The topological polar surface area (TPSA) is 74.2 Å². The third-order valence-electron chi connectivity index (χ3n) is 4.32. The summed E-state index contributed by atoms with van der Waals surface area (Å²) in [5.74, 6) is 1.90. The van der Waals surface area contributed by atoms with E-state index in [9.17, 15) is 13.2 Å². The fraction of sp³-hybridized carbons (Fsp3) is 0.389. The summed E-state index contributed by atoms with van der Waals surface area (Å²) >= 11 is 0. The highest BCUT2D eigenvalue weighted by Gasteiger charge is 2.37. The van der Waals surface area contributed by atoms with Crippen molar-refractivity contribution in [3.63, 3.8) is 0 Å². The van der Waals surface area contributed by atoms with Gasteiger partial charge in [-0.05, 0) is 18.9 Å². The Kier molecular flexibility index (Phi) is 4.47. The lowest BCUT2D eigenvalue weighted by molar-refractivity contribution is -0.139. The smallest absolute Gasteiger partial charge is 0.416 e. The van der Waals surface area contributed by atoms with E-state index in [0.29, 0.717) is 17.6 Å². The van der Waals surface area contributed by atoms with Gasteiger partial charge in [-0.1, -0.05) is 23.4 Å². The Balaban J connectivity index is 1.57. The van der Waals surface area contributed by atoms with Crippen molar-refractivity contribution in [2.24, 2.45) is 0 Å². The zero-order valence-corrected chi connectivity index (χ0v) is 14.4. The second-order valence-electron chi connectivity index (χ2n) is 6.37. The van der Waals surface area contributed by atoms with Crippen molar-refractivity contribution in [3.05, 3.63) is 65.0 Å². The van der Waals surface area contributed by atoms with E-state index < -0.39 is 17.8 Å². The molecule has 2 aromatic heterocycles. The van der Waals surface area contributed by atoms with Gasteiger partial charge in [0.1, 0.15) is 5.76 Å². The fourth-order valence-electron chi connectivity index (χ4n) is 2.87. The largest absolute Gasteiger partial charge is 0.445 e. The number of benzene rings is 1. The number of rotatable bonds is 6. The lowest BCUT2D eigenvalue weighted by Gasteiger charge is -2.17. The molecule has 0 aliphatic heterocycles. The third kappa shape index (κ3) is 3.73. The van der Waals surface area contributed by atoms with Gasteiger partial charge in [0.05, 0.1) is 18.2 Å². The predicted octanol–water partition coefficient (Wildman–Crippen LogP) is 4.28. The number of ether oxygens (including phenoxy) is 1. The van der Waals surface area contributed by atoms with E-state index in [4.69, 9.17) is 13.7 Å². The molecular formula is C18H16F3N3O3. The van der Waals surface area contributed by atoms with E-state index in [2.05, 4.69) is 15.1 Å². The molecule has 1 saturated carbocycles. The molecule has 0 N–H and O–H groups in total. The van der Waals surface area contributed by atoms with Crippen LogP contribution in [0.1, 0.15) is 59.4 Å². The van der Waals surface area contributed by atoms with Gasteiger partial charge in [0.15, 0.2) is 17.8 Å². The quantitative estimate of drug-likeness (QED) is 0.636. The second-order valence-corrected chi connectivity index (χ2v) is 6.37. The molecule has 1 fully saturated rings. The van der Waals surface area contributed by atoms with Gasteiger partial charge >= 0.3 is 6.18 Å². The van der Waals surface area contributed by atoms with Gasteiger partial charge in [-0.15, -0.1) is 0 Å². The fourth-order valence-corrected chi connectivity index (χ4v) is 2.87. The number of aromatic nitrogens is 3. The Morgan fingerprint density at radius 1 is 1.26 bits per heavy atom. The monoisotopic (exact) mass is 379 g/mol. The minimum absolute atomic E-state index is 0.0499. The van der Waals surface area contributed by atoms with Crippen molar-refractivity contribution in [1.82, 2.24) is 15.1 Å². The third-order valence-corrected chi connectivity index (χ3v) is 4.32. The van der Waals surface area contributed by atoms with E-state index in [1.807, 2.05) is 0 Å². The zero-order chi connectivity index (χ0) is 19.0. The van der Waals surface area contributed by atoms with Crippen LogP contribution in [-0.4, -0.2) is 22.2 Å². The SMILES string of the molecule is COC(c1nc(Cc2cnc(C3CC3)o2)no1)c1ccccc1C(F)(F)F. The molecule has 27 heavy (non-hydrogen) atoms. The van der Waals surface area contributed by atoms with E-state index in [0.717, 1.165) is 18.9 Å². The van der Waals surface area contributed by atoms with Gasteiger partial charge < -0.3 is 13.7 Å². The molecule has 0 spiro atoms. The average molecular weight is 379 g/mol. The van der Waals surface area contributed by atoms with Crippen LogP contribution in [0.4, 0.5) is 13.2 Å². The summed E-state index contributed by atoms with van der Waals surface area (Å²) in [7, 11) is 1.29. The highest BCUT2D eigenvalue weighted by atomic mass is 19.4. The number of alkyl halides is 3. The maximum absolute atomic E-state index is 13.3. The highest BCUT2D eigenvalue weighted by Crippen LogP contribution is 2.40. The minimum atomic E-state index is -4.52. The summed E-state index contributed by atoms with van der Waals surface area (Å²) < 4.78 is 55.9. The summed E-state index contributed by atoms with van der Waals surface area (Å²) in [6.45, 7) is 0. The Morgan fingerprint density at radius 2 is 2.04 bits per heavy atom. The maximum atomic E-state index is 13.3. The number of oxazole rings is 1. The molecule has 1 aliphatic rings. The number of hydrogen-bond acceptors (Lipinski definition) is 6. The average Bonchev–Trinajstić information content (AvgIpc) is 3.22. The first kappa shape index (κ1) is 17.7. The molecule has 0 amide bonds. The first-order valence-corrected chi connectivity index (χ1v) is 8.41. The van der Waals surface area contributed by atoms with Crippen LogP contribution in [0.25, 0.3) is 0 Å². The predicted molar refractivity (Wildman–Crippen MR) is 85.9 cm³/mol. The van der Waals surface area contributed by atoms with Crippen LogP contribution in [-0.2, 0) is 17.3 Å². The van der Waals surface area contributed by atoms with Gasteiger partial charge in [0.25, 0.3) is 5.89 Å². The summed E-state index contributed by atoms with van der Waals surface area (Å²) in [6, 6.07) is 5.15. The Bertz CT molecular complexity index is 931. The van der Waals surface area contributed by atoms with Crippen LogP contribution in [0.5, 0.6) is 0 Å². The Morgan fingerprint density at radius 3 is 2.74 bits per heavy atom. The molecule has 0 saturated heterocycles. The summed E-state index contributed by atoms with van der Waals surface area (Å²) in [4.78, 5) is 8.40. The van der Waals surface area contributed by atoms with Crippen LogP contribution in [0.3, 0.4) is 0 Å². The molecule has 9 heteroatoms. The van der Waals surface area contributed by atoms with Crippen molar-refractivity contribution in [2.75, 3.05) is 7.11 Å². The van der Waals surface area contributed by atoms with E-state index in [-0.39, 0.29) is 23.7 Å².